The van der Waals surface area contributed by atoms with Gasteiger partial charge >= 0.3 is 6.18 Å². The SMILES string of the molecule is O=C1/C(=C\c2ccc(-c3cc(C(F)(F)F)ccc3Cl)[nH]2)SC(=S)N1Cc1ccc(Cl)cc1. The van der Waals surface area contributed by atoms with E-state index in [0.29, 0.717) is 32.2 Å². The van der Waals surface area contributed by atoms with E-state index in [0.717, 1.165) is 29.5 Å². The predicted molar refractivity (Wildman–Crippen MR) is 126 cm³/mol. The van der Waals surface area contributed by atoms with Gasteiger partial charge in [-0.25, -0.2) is 0 Å². The molecule has 10 heteroatoms. The summed E-state index contributed by atoms with van der Waals surface area (Å²) in [6.07, 6.45) is -2.86. The second-order valence-electron chi connectivity index (χ2n) is 6.91. The summed E-state index contributed by atoms with van der Waals surface area (Å²) in [4.78, 5) is 17.8. The van der Waals surface area contributed by atoms with Crippen molar-refractivity contribution in [1.29, 1.82) is 0 Å². The summed E-state index contributed by atoms with van der Waals surface area (Å²) < 4.78 is 39.6. The number of benzene rings is 2. The molecule has 0 aliphatic carbocycles. The van der Waals surface area contributed by atoms with Crippen LogP contribution in [-0.2, 0) is 17.5 Å². The Bertz CT molecular complexity index is 1240. The van der Waals surface area contributed by atoms with Crippen LogP contribution in [-0.4, -0.2) is 20.1 Å². The minimum atomic E-state index is -4.48. The molecule has 1 amide bonds. The fourth-order valence-corrected chi connectivity index (χ4v) is 4.70. The van der Waals surface area contributed by atoms with Crippen LogP contribution in [0.1, 0.15) is 16.8 Å². The van der Waals surface area contributed by atoms with Gasteiger partial charge < -0.3 is 4.98 Å². The van der Waals surface area contributed by atoms with E-state index in [4.69, 9.17) is 35.4 Å². The zero-order valence-electron chi connectivity index (χ0n) is 16.0. The number of hydrogen-bond acceptors (Lipinski definition) is 3. The third kappa shape index (κ3) is 4.88. The van der Waals surface area contributed by atoms with E-state index in [1.165, 1.54) is 11.0 Å². The van der Waals surface area contributed by atoms with Crippen LogP contribution in [0.25, 0.3) is 17.3 Å². The zero-order chi connectivity index (χ0) is 23.0. The van der Waals surface area contributed by atoms with Crippen LogP contribution in [0.4, 0.5) is 13.2 Å². The molecule has 0 atom stereocenters. The van der Waals surface area contributed by atoms with E-state index in [9.17, 15) is 18.0 Å². The van der Waals surface area contributed by atoms with Crippen molar-refractivity contribution in [3.8, 4) is 11.3 Å². The number of thioether (sulfide) groups is 1. The Hall–Kier alpha value is -2.26. The summed E-state index contributed by atoms with van der Waals surface area (Å²) in [6, 6.07) is 13.5. The summed E-state index contributed by atoms with van der Waals surface area (Å²) in [7, 11) is 0. The molecular formula is C22H13Cl2F3N2OS2. The molecule has 0 saturated carbocycles. The fourth-order valence-electron chi connectivity index (χ4n) is 3.11. The molecule has 1 N–H and O–H groups in total. The molecule has 1 saturated heterocycles. The summed E-state index contributed by atoms with van der Waals surface area (Å²) in [5.41, 5.74) is 1.25. The largest absolute Gasteiger partial charge is 0.416 e. The Balaban J connectivity index is 1.56. The van der Waals surface area contributed by atoms with Crippen LogP contribution in [0.5, 0.6) is 0 Å². The molecule has 0 bridgehead atoms. The third-order valence-corrected chi connectivity index (χ3v) is 6.67. The number of alkyl halides is 3. The quantitative estimate of drug-likeness (QED) is 0.292. The number of hydrogen-bond donors (Lipinski definition) is 1. The maximum atomic E-state index is 13.1. The summed E-state index contributed by atoms with van der Waals surface area (Å²) in [5, 5.41) is 0.781. The molecule has 32 heavy (non-hydrogen) atoms. The highest BCUT2D eigenvalue weighted by atomic mass is 35.5. The second kappa shape index (κ2) is 8.94. The maximum absolute atomic E-state index is 13.1. The average Bonchev–Trinajstić information content (AvgIpc) is 3.29. The molecule has 2 aromatic carbocycles. The van der Waals surface area contributed by atoms with Gasteiger partial charge in [0.25, 0.3) is 5.91 Å². The van der Waals surface area contributed by atoms with Gasteiger partial charge in [0.05, 0.1) is 17.0 Å². The predicted octanol–water partition coefficient (Wildman–Crippen LogP) is 7.41. The fraction of sp³-hybridized carbons (Fsp3) is 0.0909. The standard InChI is InChI=1S/C22H13Cl2F3N2OS2/c23-14-4-1-12(2-5-14)11-29-20(30)19(32-21(29)31)10-15-6-8-18(28-15)16-9-13(22(25,26)27)3-7-17(16)24/h1-10,28H,11H2/b19-10+. The van der Waals surface area contributed by atoms with Crippen molar-refractivity contribution in [2.24, 2.45) is 0 Å². The number of carbonyl (C=O) groups is 1. The Labute approximate surface area is 201 Å². The Kier molecular flexibility index (Phi) is 6.40. The van der Waals surface area contributed by atoms with Gasteiger partial charge in [-0.1, -0.05) is 59.3 Å². The Morgan fingerprint density at radius 1 is 1.06 bits per heavy atom. The van der Waals surface area contributed by atoms with Gasteiger partial charge in [0.2, 0.25) is 0 Å². The van der Waals surface area contributed by atoms with Crippen LogP contribution in [0, 0.1) is 0 Å². The van der Waals surface area contributed by atoms with Crippen molar-refractivity contribution >= 4 is 63.5 Å². The number of amides is 1. The normalized spacial score (nSPS) is 15.8. The van der Waals surface area contributed by atoms with Crippen molar-refractivity contribution in [2.75, 3.05) is 0 Å². The first-order valence-corrected chi connectivity index (χ1v) is 11.2. The molecule has 1 aliphatic rings. The van der Waals surface area contributed by atoms with E-state index in [2.05, 4.69) is 4.98 Å². The highest BCUT2D eigenvalue weighted by Crippen LogP contribution is 2.37. The molecule has 1 fully saturated rings. The van der Waals surface area contributed by atoms with Crippen molar-refractivity contribution < 1.29 is 18.0 Å². The van der Waals surface area contributed by atoms with E-state index in [1.807, 2.05) is 12.1 Å². The number of H-pyrrole nitrogens is 1. The minimum Gasteiger partial charge on any atom is -0.355 e. The van der Waals surface area contributed by atoms with Gasteiger partial charge in [0, 0.05) is 27.0 Å². The molecule has 1 aromatic heterocycles. The third-order valence-electron chi connectivity index (χ3n) is 4.71. The minimum absolute atomic E-state index is 0.181. The molecule has 4 rings (SSSR count). The van der Waals surface area contributed by atoms with Gasteiger partial charge in [-0.3, -0.25) is 9.69 Å². The first-order chi connectivity index (χ1) is 15.1. The summed E-state index contributed by atoms with van der Waals surface area (Å²) >= 11 is 18.5. The average molecular weight is 513 g/mol. The number of nitrogens with zero attached hydrogens (tertiary/aromatic N) is 1. The first-order valence-electron chi connectivity index (χ1n) is 9.18. The van der Waals surface area contributed by atoms with Crippen LogP contribution < -0.4 is 0 Å². The van der Waals surface area contributed by atoms with Crippen LogP contribution in [0.2, 0.25) is 10.0 Å². The van der Waals surface area contributed by atoms with Gasteiger partial charge in [0.1, 0.15) is 4.32 Å². The number of aromatic amines is 1. The van der Waals surface area contributed by atoms with Gasteiger partial charge in [-0.05, 0) is 54.1 Å². The van der Waals surface area contributed by atoms with E-state index in [-0.39, 0.29) is 16.5 Å². The Morgan fingerprint density at radius 3 is 2.47 bits per heavy atom. The Morgan fingerprint density at radius 2 is 1.78 bits per heavy atom. The van der Waals surface area contributed by atoms with Crippen molar-refractivity contribution in [1.82, 2.24) is 9.88 Å². The van der Waals surface area contributed by atoms with E-state index >= 15 is 0 Å². The molecule has 0 unspecified atom stereocenters. The highest BCUT2D eigenvalue weighted by Gasteiger charge is 2.33. The number of halogens is 5. The summed E-state index contributed by atoms with van der Waals surface area (Å²) in [5.74, 6) is -0.247. The molecule has 3 aromatic rings. The second-order valence-corrected chi connectivity index (χ2v) is 9.43. The zero-order valence-corrected chi connectivity index (χ0v) is 19.2. The lowest BCUT2D eigenvalue weighted by Gasteiger charge is -2.14. The van der Waals surface area contributed by atoms with Crippen molar-refractivity contribution in [2.45, 2.75) is 12.7 Å². The number of thiocarbonyl (C=S) groups is 1. The van der Waals surface area contributed by atoms with Crippen molar-refractivity contribution in [3.63, 3.8) is 0 Å². The molecule has 3 nitrogen and oxygen atoms in total. The monoisotopic (exact) mass is 512 g/mol. The van der Waals surface area contributed by atoms with Gasteiger partial charge in [0.15, 0.2) is 0 Å². The molecule has 2 heterocycles. The molecule has 164 valence electrons. The van der Waals surface area contributed by atoms with Gasteiger partial charge in [-0.15, -0.1) is 0 Å². The smallest absolute Gasteiger partial charge is 0.355 e. The van der Waals surface area contributed by atoms with Crippen LogP contribution in [0.15, 0.2) is 59.5 Å². The molecular weight excluding hydrogens is 500 g/mol. The van der Waals surface area contributed by atoms with E-state index < -0.39 is 11.7 Å². The first kappa shape index (κ1) is 22.9. The lowest BCUT2D eigenvalue weighted by Crippen LogP contribution is -2.27. The number of rotatable bonds is 4. The number of nitrogens with one attached hydrogen (secondary N) is 1. The maximum Gasteiger partial charge on any atom is 0.416 e. The van der Waals surface area contributed by atoms with Crippen LogP contribution in [0.3, 0.4) is 0 Å². The number of carbonyl (C=O) groups excluding carboxylic acids is 1. The van der Waals surface area contributed by atoms with Gasteiger partial charge in [-0.2, -0.15) is 13.2 Å². The lowest BCUT2D eigenvalue weighted by molar-refractivity contribution is -0.137. The summed E-state index contributed by atoms with van der Waals surface area (Å²) in [6.45, 7) is 0.314. The van der Waals surface area contributed by atoms with Crippen molar-refractivity contribution in [3.05, 3.63) is 86.4 Å². The lowest BCUT2D eigenvalue weighted by atomic mass is 10.1. The molecule has 0 spiro atoms. The van der Waals surface area contributed by atoms with E-state index in [1.54, 1.807) is 30.3 Å². The number of aromatic nitrogens is 1. The topological polar surface area (TPSA) is 36.1 Å². The molecule has 1 aliphatic heterocycles. The molecule has 0 radical (unpaired) electrons. The van der Waals surface area contributed by atoms with Crippen LogP contribution >= 0.6 is 47.2 Å². The highest BCUT2D eigenvalue weighted by molar-refractivity contribution is 8.26.